The molecule has 30 heavy (non-hydrogen) atoms. The van der Waals surface area contributed by atoms with Crippen LogP contribution in [-0.4, -0.2) is 45.9 Å². The highest BCUT2D eigenvalue weighted by atomic mass is 32.2. The third kappa shape index (κ3) is 4.05. The highest BCUT2D eigenvalue weighted by Crippen LogP contribution is 2.32. The first-order valence-corrected chi connectivity index (χ1v) is 11.2. The Balaban J connectivity index is 1.59. The number of nitrogens with zero attached hydrogens (tertiary/aromatic N) is 5. The van der Waals surface area contributed by atoms with E-state index in [0.717, 1.165) is 29.9 Å². The number of rotatable bonds is 5. The maximum atomic E-state index is 13.2. The minimum absolute atomic E-state index is 0.00820. The average molecular weight is 429 g/mol. The van der Waals surface area contributed by atoms with E-state index in [9.17, 15) is 8.42 Å². The number of hydrogen-bond donors (Lipinski definition) is 1. The van der Waals surface area contributed by atoms with Crippen molar-refractivity contribution in [1.29, 1.82) is 0 Å². The van der Waals surface area contributed by atoms with Crippen LogP contribution in [0.4, 0.5) is 11.6 Å². The summed E-state index contributed by atoms with van der Waals surface area (Å²) in [5.74, 6) is 0.809. The van der Waals surface area contributed by atoms with Gasteiger partial charge in [0, 0.05) is 48.5 Å². The van der Waals surface area contributed by atoms with Gasteiger partial charge in [-0.25, -0.2) is 18.4 Å². The number of aromatic nitrogens is 4. The molecule has 0 bridgehead atoms. The Labute approximate surface area is 175 Å². The van der Waals surface area contributed by atoms with Crippen molar-refractivity contribution in [2.24, 2.45) is 0 Å². The fourth-order valence-electron chi connectivity index (χ4n) is 3.84. The number of anilines is 2. The van der Waals surface area contributed by atoms with Gasteiger partial charge in [-0.3, -0.25) is 4.98 Å². The van der Waals surface area contributed by atoms with E-state index in [1.54, 1.807) is 32.3 Å². The van der Waals surface area contributed by atoms with Crippen molar-refractivity contribution in [2.45, 2.75) is 44.4 Å². The molecule has 1 fully saturated rings. The summed E-state index contributed by atoms with van der Waals surface area (Å²) in [7, 11) is -3.68. The van der Waals surface area contributed by atoms with Gasteiger partial charge in [-0.05, 0) is 51.8 Å². The molecule has 0 saturated carbocycles. The Kier molecular flexibility index (Phi) is 5.52. The van der Waals surface area contributed by atoms with Crippen LogP contribution in [0.2, 0.25) is 0 Å². The maximum absolute atomic E-state index is 13.2. The van der Waals surface area contributed by atoms with Crippen molar-refractivity contribution >= 4 is 21.7 Å². The van der Waals surface area contributed by atoms with Crippen LogP contribution in [0, 0.1) is 20.8 Å². The second-order valence-electron chi connectivity index (χ2n) is 7.47. The Morgan fingerprint density at radius 3 is 2.63 bits per heavy atom. The van der Waals surface area contributed by atoms with Crippen LogP contribution in [0.25, 0.3) is 0 Å². The average Bonchev–Trinajstić information content (AvgIpc) is 3.07. The molecule has 0 amide bonds. The zero-order valence-electron chi connectivity index (χ0n) is 17.2. The molecule has 1 aliphatic heterocycles. The molecule has 10 heteroatoms. The van der Waals surface area contributed by atoms with Crippen LogP contribution >= 0.6 is 0 Å². The van der Waals surface area contributed by atoms with Crippen LogP contribution in [0.5, 0.6) is 0 Å². The zero-order chi connectivity index (χ0) is 21.3. The number of pyridine rings is 1. The van der Waals surface area contributed by atoms with Crippen molar-refractivity contribution in [1.82, 2.24) is 24.4 Å². The number of sulfonamides is 1. The molecule has 0 aromatic carbocycles. The molecule has 1 aliphatic rings. The van der Waals surface area contributed by atoms with Gasteiger partial charge in [0.15, 0.2) is 5.76 Å². The quantitative estimate of drug-likeness (QED) is 0.659. The predicted octanol–water partition coefficient (Wildman–Crippen LogP) is 3.10. The number of nitrogens with one attached hydrogen (secondary N) is 1. The zero-order valence-corrected chi connectivity index (χ0v) is 18.0. The molecule has 0 unspecified atom stereocenters. The molecular weight excluding hydrogens is 404 g/mol. The fraction of sp³-hybridized carbons (Fsp3) is 0.400. The van der Waals surface area contributed by atoms with Gasteiger partial charge in [0.25, 0.3) is 0 Å². The smallest absolute Gasteiger partial charge is 0.248 e. The maximum Gasteiger partial charge on any atom is 0.248 e. The molecule has 9 nitrogen and oxygen atoms in total. The Morgan fingerprint density at radius 2 is 1.93 bits per heavy atom. The van der Waals surface area contributed by atoms with Gasteiger partial charge < -0.3 is 9.84 Å². The van der Waals surface area contributed by atoms with Crippen LogP contribution in [-0.2, 0) is 10.0 Å². The normalized spacial score (nSPS) is 17.8. The third-order valence-corrected chi connectivity index (χ3v) is 7.27. The van der Waals surface area contributed by atoms with E-state index in [-0.39, 0.29) is 10.8 Å². The van der Waals surface area contributed by atoms with Gasteiger partial charge in [-0.1, -0.05) is 5.16 Å². The predicted molar refractivity (Wildman–Crippen MR) is 111 cm³/mol. The van der Waals surface area contributed by atoms with E-state index < -0.39 is 10.0 Å². The highest BCUT2D eigenvalue weighted by Gasteiger charge is 2.35. The van der Waals surface area contributed by atoms with Crippen LogP contribution < -0.4 is 5.32 Å². The molecule has 158 valence electrons. The summed E-state index contributed by atoms with van der Waals surface area (Å²) in [5.41, 5.74) is 2.91. The number of hydrogen-bond acceptors (Lipinski definition) is 8. The van der Waals surface area contributed by atoms with Gasteiger partial charge >= 0.3 is 0 Å². The number of piperidine rings is 1. The lowest BCUT2D eigenvalue weighted by Gasteiger charge is -2.31. The topological polar surface area (TPSA) is 114 Å². The first kappa shape index (κ1) is 20.4. The SMILES string of the molecule is Cc1cc(Nc2ncccn2)cc([C@H]2CCCN(S(=O)(=O)c3c(C)noc3C)C2)n1. The molecule has 0 radical (unpaired) electrons. The standard InChI is InChI=1S/C20H24N6O3S/c1-13-10-17(24-20-21-7-5-8-22-20)11-18(23-13)16-6-4-9-26(12-16)30(27,28)19-14(2)25-29-15(19)3/h5,7-8,10-11,16H,4,6,9,12H2,1-3H3,(H,21,22,23,24)/t16-/m0/s1. The van der Waals surface area contributed by atoms with Gasteiger partial charge in [0.05, 0.1) is 0 Å². The van der Waals surface area contributed by atoms with E-state index >= 15 is 0 Å². The van der Waals surface area contributed by atoms with E-state index in [4.69, 9.17) is 4.52 Å². The van der Waals surface area contributed by atoms with Crippen molar-refractivity contribution in [3.63, 3.8) is 0 Å². The van der Waals surface area contributed by atoms with E-state index in [2.05, 4.69) is 25.4 Å². The summed E-state index contributed by atoms with van der Waals surface area (Å²) in [4.78, 5) is 13.2. The monoisotopic (exact) mass is 428 g/mol. The van der Waals surface area contributed by atoms with Crippen molar-refractivity contribution in [3.05, 3.63) is 53.4 Å². The molecule has 4 heterocycles. The van der Waals surface area contributed by atoms with Crippen LogP contribution in [0.1, 0.15) is 41.6 Å². The van der Waals surface area contributed by atoms with Crippen molar-refractivity contribution in [3.8, 4) is 0 Å². The molecule has 3 aromatic rings. The van der Waals surface area contributed by atoms with Gasteiger partial charge in [-0.2, -0.15) is 4.31 Å². The van der Waals surface area contributed by atoms with E-state index in [1.165, 1.54) is 4.31 Å². The van der Waals surface area contributed by atoms with E-state index in [1.807, 2.05) is 19.1 Å². The van der Waals surface area contributed by atoms with Gasteiger partial charge in [0.1, 0.15) is 10.6 Å². The lowest BCUT2D eigenvalue weighted by atomic mass is 9.95. The summed E-state index contributed by atoms with van der Waals surface area (Å²) in [5, 5.41) is 6.99. The molecular formula is C20H24N6O3S. The first-order valence-electron chi connectivity index (χ1n) is 9.80. The third-order valence-electron chi connectivity index (χ3n) is 5.16. The summed E-state index contributed by atoms with van der Waals surface area (Å²) < 4.78 is 33.0. The lowest BCUT2D eigenvalue weighted by Crippen LogP contribution is -2.39. The first-order chi connectivity index (χ1) is 14.3. The number of aryl methyl sites for hydroxylation is 3. The Bertz CT molecular complexity index is 1130. The second-order valence-corrected chi connectivity index (χ2v) is 9.35. The van der Waals surface area contributed by atoms with Crippen molar-refractivity contribution < 1.29 is 12.9 Å². The highest BCUT2D eigenvalue weighted by molar-refractivity contribution is 7.89. The molecule has 4 rings (SSSR count). The molecule has 0 spiro atoms. The van der Waals surface area contributed by atoms with E-state index in [0.29, 0.717) is 30.5 Å². The Morgan fingerprint density at radius 1 is 1.17 bits per heavy atom. The second kappa shape index (κ2) is 8.11. The van der Waals surface area contributed by atoms with Crippen molar-refractivity contribution in [2.75, 3.05) is 18.4 Å². The minimum Gasteiger partial charge on any atom is -0.360 e. The summed E-state index contributed by atoms with van der Waals surface area (Å²) >= 11 is 0. The molecule has 1 N–H and O–H groups in total. The van der Waals surface area contributed by atoms with Gasteiger partial charge in [-0.15, -0.1) is 0 Å². The largest absolute Gasteiger partial charge is 0.360 e. The minimum atomic E-state index is -3.68. The summed E-state index contributed by atoms with van der Waals surface area (Å²) in [6.07, 6.45) is 4.96. The van der Waals surface area contributed by atoms with Crippen LogP contribution in [0.15, 0.2) is 40.0 Å². The lowest BCUT2D eigenvalue weighted by molar-refractivity contribution is 0.312. The molecule has 0 aliphatic carbocycles. The van der Waals surface area contributed by atoms with Gasteiger partial charge in [0.2, 0.25) is 16.0 Å². The molecule has 1 saturated heterocycles. The molecule has 3 aromatic heterocycles. The van der Waals surface area contributed by atoms with Crippen LogP contribution in [0.3, 0.4) is 0 Å². The molecule has 1 atom stereocenters. The Hall–Kier alpha value is -2.85. The fourth-order valence-corrected chi connectivity index (χ4v) is 5.66. The summed E-state index contributed by atoms with van der Waals surface area (Å²) in [6, 6.07) is 5.62. The summed E-state index contributed by atoms with van der Waals surface area (Å²) in [6.45, 7) is 6.03.